The Morgan fingerprint density at radius 3 is 2.44 bits per heavy atom. The lowest BCUT2D eigenvalue weighted by atomic mass is 10.2. The minimum Gasteiger partial charge on any atom is -0.468 e. The maximum Gasteiger partial charge on any atom is 0.355 e. The minimum atomic E-state index is -3.30. The predicted molar refractivity (Wildman–Crippen MR) is 105 cm³/mol. The molecule has 1 atom stereocenters. The third kappa shape index (κ3) is 6.84. The molecule has 0 aliphatic carbocycles. The number of benzene rings is 1. The summed E-state index contributed by atoms with van der Waals surface area (Å²) < 4.78 is 25.1. The van der Waals surface area contributed by atoms with Gasteiger partial charge in [-0.05, 0) is 50.7 Å². The fourth-order valence-corrected chi connectivity index (χ4v) is 6.48. The second-order valence-corrected chi connectivity index (χ2v) is 9.85. The molecule has 0 fully saturated rings. The van der Waals surface area contributed by atoms with E-state index in [9.17, 15) is 9.36 Å². The summed E-state index contributed by atoms with van der Waals surface area (Å²) in [4.78, 5) is 16.4. The van der Waals surface area contributed by atoms with Crippen molar-refractivity contribution < 1.29 is 18.6 Å². The molecular formula is C17H27N2O4PS. The van der Waals surface area contributed by atoms with Gasteiger partial charge >= 0.3 is 12.7 Å². The van der Waals surface area contributed by atoms with Gasteiger partial charge in [0, 0.05) is 5.75 Å². The number of esters is 1. The fourth-order valence-electron chi connectivity index (χ4n) is 1.98. The van der Waals surface area contributed by atoms with Crippen molar-refractivity contribution in [3.8, 4) is 0 Å². The summed E-state index contributed by atoms with van der Waals surface area (Å²) in [6.07, 6.45) is 0.849. The van der Waals surface area contributed by atoms with Crippen LogP contribution in [0.2, 0.25) is 0 Å². The normalized spacial score (nSPS) is 14.0. The summed E-state index contributed by atoms with van der Waals surface area (Å²) in [6.45, 7) is 4.31. The smallest absolute Gasteiger partial charge is 0.355 e. The maximum absolute atomic E-state index is 13.4. The standard InChI is InChI=1S/C17H27N2O4PS/c1-6-12-25-24(21,23-7-2)19(13-17(20)22-5)15(4)18-16-10-8-14(3)9-11-16/h8-11H,6-7,12-13H2,1-5H3. The number of methoxy groups -OCH3 is 1. The summed E-state index contributed by atoms with van der Waals surface area (Å²) in [6, 6.07) is 7.65. The summed E-state index contributed by atoms with van der Waals surface area (Å²) in [5.41, 5.74) is 1.85. The molecule has 0 amide bonds. The van der Waals surface area contributed by atoms with Crippen LogP contribution in [-0.4, -0.2) is 42.5 Å². The summed E-state index contributed by atoms with van der Waals surface area (Å²) in [5, 5.41) is 0. The number of carbonyl (C=O) groups excluding carboxylic acids is 1. The first-order chi connectivity index (χ1) is 11.9. The minimum absolute atomic E-state index is 0.175. The summed E-state index contributed by atoms with van der Waals surface area (Å²) in [7, 11) is 1.30. The number of hydrogen-bond donors (Lipinski definition) is 0. The van der Waals surface area contributed by atoms with E-state index in [2.05, 4.69) is 4.99 Å². The van der Waals surface area contributed by atoms with Crippen molar-refractivity contribution in [1.29, 1.82) is 0 Å². The highest BCUT2D eigenvalue weighted by molar-refractivity contribution is 8.56. The van der Waals surface area contributed by atoms with Crippen LogP contribution in [0.3, 0.4) is 0 Å². The van der Waals surface area contributed by atoms with E-state index in [0.717, 1.165) is 17.7 Å². The molecule has 0 N–H and O–H groups in total. The van der Waals surface area contributed by atoms with Crippen LogP contribution in [0.1, 0.15) is 32.8 Å². The molecule has 6 nitrogen and oxygen atoms in total. The highest BCUT2D eigenvalue weighted by atomic mass is 32.7. The molecule has 0 spiro atoms. The van der Waals surface area contributed by atoms with Crippen molar-refractivity contribution in [3.05, 3.63) is 29.8 Å². The lowest BCUT2D eigenvalue weighted by molar-refractivity contribution is -0.140. The number of carbonyl (C=O) groups is 1. The van der Waals surface area contributed by atoms with Crippen LogP contribution >= 0.6 is 18.1 Å². The third-order valence-corrected chi connectivity index (χ3v) is 8.21. The van der Waals surface area contributed by atoms with Crippen LogP contribution in [0.4, 0.5) is 5.69 Å². The molecule has 1 rings (SSSR count). The molecule has 25 heavy (non-hydrogen) atoms. The van der Waals surface area contributed by atoms with Gasteiger partial charge in [-0.2, -0.15) is 0 Å². The van der Waals surface area contributed by atoms with Gasteiger partial charge < -0.3 is 9.26 Å². The second kappa shape index (κ2) is 10.6. The van der Waals surface area contributed by atoms with Crippen molar-refractivity contribution in [2.75, 3.05) is 26.0 Å². The van der Waals surface area contributed by atoms with Crippen LogP contribution in [0, 0.1) is 6.92 Å². The van der Waals surface area contributed by atoms with Crippen molar-refractivity contribution in [1.82, 2.24) is 4.67 Å². The molecule has 0 saturated carbocycles. The Morgan fingerprint density at radius 2 is 1.92 bits per heavy atom. The van der Waals surface area contributed by atoms with Gasteiger partial charge in [-0.25, -0.2) is 4.99 Å². The first-order valence-electron chi connectivity index (χ1n) is 8.22. The molecule has 1 aromatic rings. The topological polar surface area (TPSA) is 68.2 Å². The second-order valence-electron chi connectivity index (χ2n) is 5.35. The van der Waals surface area contributed by atoms with Crippen molar-refractivity contribution in [2.24, 2.45) is 4.99 Å². The zero-order valence-corrected chi connectivity index (χ0v) is 17.2. The van der Waals surface area contributed by atoms with E-state index in [1.165, 1.54) is 23.2 Å². The van der Waals surface area contributed by atoms with Crippen molar-refractivity contribution >= 4 is 35.6 Å². The van der Waals surface area contributed by atoms with Gasteiger partial charge in [0.2, 0.25) is 0 Å². The molecule has 0 radical (unpaired) electrons. The number of ether oxygens (including phenoxy) is 1. The van der Waals surface area contributed by atoms with Crippen molar-refractivity contribution in [2.45, 2.75) is 34.1 Å². The summed E-state index contributed by atoms with van der Waals surface area (Å²) >= 11 is 1.22. The number of nitrogens with zero attached hydrogens (tertiary/aromatic N) is 2. The molecule has 0 aliphatic heterocycles. The molecule has 0 aromatic heterocycles. The lowest BCUT2D eigenvalue weighted by Gasteiger charge is -2.30. The predicted octanol–water partition coefficient (Wildman–Crippen LogP) is 4.81. The van der Waals surface area contributed by atoms with Gasteiger partial charge in [0.15, 0.2) is 0 Å². The van der Waals surface area contributed by atoms with Crippen LogP contribution in [-0.2, 0) is 18.6 Å². The SMILES string of the molecule is CCCSP(=O)(OCC)N(CC(=O)OC)C(C)=Nc1ccc(C)cc1. The molecule has 1 aromatic carbocycles. The fraction of sp³-hybridized carbons (Fsp3) is 0.529. The average Bonchev–Trinajstić information content (AvgIpc) is 2.59. The Kier molecular flexibility index (Phi) is 9.25. The first kappa shape index (κ1) is 21.7. The van der Waals surface area contributed by atoms with E-state index in [-0.39, 0.29) is 13.2 Å². The highest BCUT2D eigenvalue weighted by Crippen LogP contribution is 2.62. The van der Waals surface area contributed by atoms with E-state index in [0.29, 0.717) is 11.6 Å². The first-order valence-corrected chi connectivity index (χ1v) is 11.4. The number of aliphatic imine (C=N–C) groups is 1. The van der Waals surface area contributed by atoms with E-state index in [1.54, 1.807) is 13.8 Å². The molecule has 0 bridgehead atoms. The Labute approximate surface area is 154 Å². The van der Waals surface area contributed by atoms with Crippen LogP contribution in [0.15, 0.2) is 29.3 Å². The number of rotatable bonds is 9. The third-order valence-electron chi connectivity index (χ3n) is 3.25. The zero-order valence-electron chi connectivity index (χ0n) is 15.5. The number of aryl methyl sites for hydroxylation is 1. The van der Waals surface area contributed by atoms with E-state index < -0.39 is 12.7 Å². The zero-order chi connectivity index (χ0) is 18.9. The molecule has 8 heteroatoms. The quantitative estimate of drug-likeness (QED) is 0.263. The Balaban J connectivity index is 3.21. The molecule has 140 valence electrons. The average molecular weight is 386 g/mol. The number of hydrogen-bond acceptors (Lipinski definition) is 6. The molecule has 1 unspecified atom stereocenters. The van der Waals surface area contributed by atoms with Crippen LogP contribution < -0.4 is 0 Å². The van der Waals surface area contributed by atoms with Gasteiger partial charge in [0.05, 0.1) is 19.4 Å². The Bertz CT molecular complexity index is 634. The monoisotopic (exact) mass is 386 g/mol. The summed E-state index contributed by atoms with van der Waals surface area (Å²) in [5.74, 6) is 0.623. The molecular weight excluding hydrogens is 359 g/mol. The van der Waals surface area contributed by atoms with Gasteiger partial charge in [-0.15, -0.1) is 0 Å². The Morgan fingerprint density at radius 1 is 1.28 bits per heavy atom. The molecule has 0 saturated heterocycles. The van der Waals surface area contributed by atoms with Gasteiger partial charge in [0.1, 0.15) is 12.4 Å². The van der Waals surface area contributed by atoms with Crippen molar-refractivity contribution in [3.63, 3.8) is 0 Å². The van der Waals surface area contributed by atoms with E-state index in [1.807, 2.05) is 38.1 Å². The number of amidine groups is 1. The van der Waals surface area contributed by atoms with Crippen LogP contribution in [0.25, 0.3) is 0 Å². The largest absolute Gasteiger partial charge is 0.468 e. The van der Waals surface area contributed by atoms with Gasteiger partial charge in [-0.3, -0.25) is 14.0 Å². The lowest BCUT2D eigenvalue weighted by Crippen LogP contribution is -2.32. The van der Waals surface area contributed by atoms with Gasteiger partial charge in [0.25, 0.3) is 0 Å². The molecule has 0 heterocycles. The van der Waals surface area contributed by atoms with E-state index in [4.69, 9.17) is 9.26 Å². The maximum atomic E-state index is 13.4. The Hall–Kier alpha value is -1.30. The van der Waals surface area contributed by atoms with E-state index >= 15 is 0 Å². The van der Waals surface area contributed by atoms with Gasteiger partial charge in [-0.1, -0.05) is 24.6 Å². The molecule has 0 aliphatic rings. The highest BCUT2D eigenvalue weighted by Gasteiger charge is 2.35. The van der Waals surface area contributed by atoms with Crippen LogP contribution in [0.5, 0.6) is 0 Å².